The van der Waals surface area contributed by atoms with Crippen LogP contribution in [0.4, 0.5) is 0 Å². The minimum atomic E-state index is -0.846. The summed E-state index contributed by atoms with van der Waals surface area (Å²) in [4.78, 5) is 28.0. The van der Waals surface area contributed by atoms with E-state index in [0.29, 0.717) is 5.69 Å². The highest BCUT2D eigenvalue weighted by atomic mass is 16.4. The molecule has 0 aliphatic carbocycles. The summed E-state index contributed by atoms with van der Waals surface area (Å²) in [5.74, 6) is -1.45. The van der Waals surface area contributed by atoms with Crippen molar-refractivity contribution >= 4 is 11.9 Å². The SMILES string of the molecule is Cc1cccnc1C(=O)N1CC(C(=O)O)C1. The van der Waals surface area contributed by atoms with Crippen LogP contribution in [-0.2, 0) is 4.79 Å². The Morgan fingerprint density at radius 3 is 2.75 bits per heavy atom. The molecule has 1 aromatic heterocycles. The van der Waals surface area contributed by atoms with Crippen LogP contribution in [0, 0.1) is 12.8 Å². The Labute approximate surface area is 92.7 Å². The Morgan fingerprint density at radius 2 is 2.19 bits per heavy atom. The van der Waals surface area contributed by atoms with E-state index in [2.05, 4.69) is 4.98 Å². The van der Waals surface area contributed by atoms with E-state index in [1.807, 2.05) is 13.0 Å². The van der Waals surface area contributed by atoms with E-state index in [1.165, 1.54) is 4.90 Å². The van der Waals surface area contributed by atoms with Gasteiger partial charge in [-0.15, -0.1) is 0 Å². The number of rotatable bonds is 2. The molecule has 0 bridgehead atoms. The first kappa shape index (κ1) is 10.6. The highest BCUT2D eigenvalue weighted by Crippen LogP contribution is 2.19. The number of carboxylic acids is 1. The zero-order chi connectivity index (χ0) is 11.7. The van der Waals surface area contributed by atoms with Crippen LogP contribution >= 0.6 is 0 Å². The molecule has 0 radical (unpaired) electrons. The van der Waals surface area contributed by atoms with Crippen LogP contribution in [0.2, 0.25) is 0 Å². The second-order valence-electron chi connectivity index (χ2n) is 3.91. The molecule has 1 aromatic rings. The van der Waals surface area contributed by atoms with Crippen molar-refractivity contribution in [1.29, 1.82) is 0 Å². The molecule has 0 atom stereocenters. The first-order valence-corrected chi connectivity index (χ1v) is 5.03. The number of pyridine rings is 1. The molecule has 0 unspecified atom stereocenters. The van der Waals surface area contributed by atoms with Crippen molar-refractivity contribution in [1.82, 2.24) is 9.88 Å². The summed E-state index contributed by atoms with van der Waals surface area (Å²) in [5.41, 5.74) is 1.22. The van der Waals surface area contributed by atoms with Gasteiger partial charge in [0.2, 0.25) is 0 Å². The van der Waals surface area contributed by atoms with Gasteiger partial charge in [-0.05, 0) is 18.6 Å². The predicted molar refractivity (Wildman–Crippen MR) is 56.0 cm³/mol. The van der Waals surface area contributed by atoms with Crippen molar-refractivity contribution in [3.8, 4) is 0 Å². The molecule has 5 nitrogen and oxygen atoms in total. The fraction of sp³-hybridized carbons (Fsp3) is 0.364. The van der Waals surface area contributed by atoms with E-state index in [4.69, 9.17) is 5.11 Å². The lowest BCUT2D eigenvalue weighted by atomic mass is 9.99. The van der Waals surface area contributed by atoms with Gasteiger partial charge in [0.05, 0.1) is 5.92 Å². The van der Waals surface area contributed by atoms with Crippen LogP contribution in [0.5, 0.6) is 0 Å². The molecular formula is C11H12N2O3. The van der Waals surface area contributed by atoms with Crippen molar-refractivity contribution in [2.75, 3.05) is 13.1 Å². The van der Waals surface area contributed by atoms with E-state index in [0.717, 1.165) is 5.56 Å². The van der Waals surface area contributed by atoms with E-state index < -0.39 is 11.9 Å². The van der Waals surface area contributed by atoms with E-state index in [9.17, 15) is 9.59 Å². The summed E-state index contributed by atoms with van der Waals surface area (Å²) >= 11 is 0. The number of aromatic nitrogens is 1. The highest BCUT2D eigenvalue weighted by Gasteiger charge is 2.36. The molecule has 1 saturated heterocycles. The number of amides is 1. The number of carbonyl (C=O) groups is 2. The number of likely N-dealkylation sites (tertiary alicyclic amines) is 1. The van der Waals surface area contributed by atoms with Crippen LogP contribution in [0.25, 0.3) is 0 Å². The molecule has 1 aliphatic rings. The number of hydrogen-bond donors (Lipinski definition) is 1. The third-order valence-corrected chi connectivity index (χ3v) is 2.73. The van der Waals surface area contributed by atoms with Gasteiger partial charge in [0.1, 0.15) is 5.69 Å². The summed E-state index contributed by atoms with van der Waals surface area (Å²) in [6, 6.07) is 3.58. The Balaban J connectivity index is 2.06. The second-order valence-corrected chi connectivity index (χ2v) is 3.91. The summed E-state index contributed by atoms with van der Waals surface area (Å²) in [7, 11) is 0. The third-order valence-electron chi connectivity index (χ3n) is 2.73. The van der Waals surface area contributed by atoms with Crippen LogP contribution in [-0.4, -0.2) is 40.0 Å². The number of carboxylic acid groups (broad SMARTS) is 1. The van der Waals surface area contributed by atoms with Crippen molar-refractivity contribution in [3.63, 3.8) is 0 Å². The molecule has 2 heterocycles. The fourth-order valence-electron chi connectivity index (χ4n) is 1.66. The molecular weight excluding hydrogens is 208 g/mol. The van der Waals surface area contributed by atoms with Gasteiger partial charge in [0, 0.05) is 19.3 Å². The first-order chi connectivity index (χ1) is 7.59. The lowest BCUT2D eigenvalue weighted by Crippen LogP contribution is -2.53. The Bertz CT molecular complexity index is 439. The largest absolute Gasteiger partial charge is 0.481 e. The quantitative estimate of drug-likeness (QED) is 0.790. The molecule has 1 aliphatic heterocycles. The van der Waals surface area contributed by atoms with E-state index >= 15 is 0 Å². The average molecular weight is 220 g/mol. The minimum Gasteiger partial charge on any atom is -0.481 e. The maximum atomic E-state index is 11.9. The lowest BCUT2D eigenvalue weighted by molar-refractivity contribution is -0.146. The maximum Gasteiger partial charge on any atom is 0.310 e. The zero-order valence-corrected chi connectivity index (χ0v) is 8.88. The van der Waals surface area contributed by atoms with Crippen molar-refractivity contribution < 1.29 is 14.7 Å². The summed E-state index contributed by atoms with van der Waals surface area (Å²) in [6.07, 6.45) is 1.56. The van der Waals surface area contributed by atoms with Gasteiger partial charge < -0.3 is 10.0 Å². The van der Waals surface area contributed by atoms with Gasteiger partial charge in [0.15, 0.2) is 0 Å². The molecule has 1 amide bonds. The third kappa shape index (κ3) is 1.76. The van der Waals surface area contributed by atoms with Gasteiger partial charge in [-0.3, -0.25) is 14.6 Å². The topological polar surface area (TPSA) is 70.5 Å². The number of carbonyl (C=O) groups excluding carboxylic acids is 1. The standard InChI is InChI=1S/C11H12N2O3/c1-7-3-2-4-12-9(7)10(14)13-5-8(6-13)11(15)16/h2-4,8H,5-6H2,1H3,(H,15,16). The fourth-order valence-corrected chi connectivity index (χ4v) is 1.66. The highest BCUT2D eigenvalue weighted by molar-refractivity contribution is 5.95. The van der Waals surface area contributed by atoms with Crippen LogP contribution in [0.15, 0.2) is 18.3 Å². The number of aryl methyl sites for hydroxylation is 1. The van der Waals surface area contributed by atoms with Crippen molar-refractivity contribution in [3.05, 3.63) is 29.6 Å². The number of aliphatic carboxylic acids is 1. The lowest BCUT2D eigenvalue weighted by Gasteiger charge is -2.36. The summed E-state index contributed by atoms with van der Waals surface area (Å²) in [6.45, 7) is 2.38. The maximum absolute atomic E-state index is 11.9. The average Bonchev–Trinajstić information content (AvgIpc) is 2.15. The molecule has 16 heavy (non-hydrogen) atoms. The number of hydrogen-bond acceptors (Lipinski definition) is 3. The molecule has 1 N–H and O–H groups in total. The summed E-state index contributed by atoms with van der Waals surface area (Å²) in [5, 5.41) is 8.70. The Morgan fingerprint density at radius 1 is 1.50 bits per heavy atom. The first-order valence-electron chi connectivity index (χ1n) is 5.03. The molecule has 1 fully saturated rings. The minimum absolute atomic E-state index is 0.185. The molecule has 0 saturated carbocycles. The van der Waals surface area contributed by atoms with E-state index in [1.54, 1.807) is 12.3 Å². The second kappa shape index (κ2) is 3.92. The van der Waals surface area contributed by atoms with E-state index in [-0.39, 0.29) is 19.0 Å². The van der Waals surface area contributed by atoms with Gasteiger partial charge >= 0.3 is 5.97 Å². The normalized spacial score (nSPS) is 15.7. The molecule has 0 spiro atoms. The Hall–Kier alpha value is -1.91. The van der Waals surface area contributed by atoms with Crippen LogP contribution in [0.3, 0.4) is 0 Å². The van der Waals surface area contributed by atoms with Gasteiger partial charge in [-0.2, -0.15) is 0 Å². The monoisotopic (exact) mass is 220 g/mol. The van der Waals surface area contributed by atoms with Gasteiger partial charge in [0.25, 0.3) is 5.91 Å². The molecule has 84 valence electrons. The van der Waals surface area contributed by atoms with Gasteiger partial charge in [-0.1, -0.05) is 6.07 Å². The zero-order valence-electron chi connectivity index (χ0n) is 8.88. The molecule has 5 heteroatoms. The molecule has 0 aromatic carbocycles. The predicted octanol–water partition coefficient (Wildman–Crippen LogP) is 0.547. The van der Waals surface area contributed by atoms with Crippen LogP contribution < -0.4 is 0 Å². The number of nitrogens with zero attached hydrogens (tertiary/aromatic N) is 2. The van der Waals surface area contributed by atoms with Crippen molar-refractivity contribution in [2.24, 2.45) is 5.92 Å². The Kier molecular flexibility index (Phi) is 2.60. The molecule has 2 rings (SSSR count). The van der Waals surface area contributed by atoms with Crippen molar-refractivity contribution in [2.45, 2.75) is 6.92 Å². The van der Waals surface area contributed by atoms with Gasteiger partial charge in [-0.25, -0.2) is 0 Å². The van der Waals surface area contributed by atoms with Crippen LogP contribution in [0.1, 0.15) is 16.1 Å². The summed E-state index contributed by atoms with van der Waals surface area (Å²) < 4.78 is 0. The smallest absolute Gasteiger partial charge is 0.310 e.